The normalized spacial score (nSPS) is 24.9. The molecule has 2 aliphatic heterocycles. The average Bonchev–Trinajstić information content (AvgIpc) is 2.94. The number of imide groups is 1. The van der Waals surface area contributed by atoms with Crippen LogP contribution >= 0.6 is 0 Å². The first-order valence-corrected chi connectivity index (χ1v) is 6.05. The van der Waals surface area contributed by atoms with Gasteiger partial charge in [-0.25, -0.2) is 9.78 Å². The van der Waals surface area contributed by atoms with E-state index in [-0.39, 0.29) is 12.1 Å². The molecule has 2 N–H and O–H groups in total. The van der Waals surface area contributed by atoms with E-state index >= 15 is 0 Å². The van der Waals surface area contributed by atoms with Gasteiger partial charge in [0.15, 0.2) is 0 Å². The van der Waals surface area contributed by atoms with Gasteiger partial charge in [-0.15, -0.1) is 0 Å². The highest BCUT2D eigenvalue weighted by Crippen LogP contribution is 2.25. The topological polar surface area (TPSA) is 91.4 Å². The number of carbonyl (C=O) groups excluding carboxylic acids is 3. The Morgan fingerprint density at radius 1 is 1.45 bits per heavy atom. The third-order valence-corrected chi connectivity index (χ3v) is 3.54. The molecule has 0 saturated carbocycles. The van der Waals surface area contributed by atoms with E-state index in [0.29, 0.717) is 13.0 Å². The zero-order valence-corrected chi connectivity index (χ0v) is 10.4. The van der Waals surface area contributed by atoms with E-state index in [4.69, 9.17) is 0 Å². The minimum atomic E-state index is -1.06. The molecule has 2 fully saturated rings. The third kappa shape index (κ3) is 1.89. The Labute approximate surface area is 113 Å². The van der Waals surface area contributed by atoms with Gasteiger partial charge in [-0.1, -0.05) is 0 Å². The van der Waals surface area contributed by atoms with E-state index in [0.717, 1.165) is 6.07 Å². The summed E-state index contributed by atoms with van der Waals surface area (Å²) in [6.45, 7) is 0.393. The van der Waals surface area contributed by atoms with Gasteiger partial charge in [0.25, 0.3) is 11.8 Å². The van der Waals surface area contributed by atoms with Gasteiger partial charge in [0.2, 0.25) is 5.95 Å². The van der Waals surface area contributed by atoms with Gasteiger partial charge in [0.05, 0.1) is 6.54 Å². The molecule has 20 heavy (non-hydrogen) atoms. The van der Waals surface area contributed by atoms with Crippen LogP contribution in [0.3, 0.4) is 0 Å². The standard InChI is InChI=1S/C12H11FN4O3/c13-8-5-7(1-3-14-8)9(18)17-4-2-12(6-17)10(19)15-11(20)16-12/h1,3,5H,2,4,6H2,(H2,15,16,19,20). The number of aromatic nitrogens is 1. The molecule has 2 aliphatic rings. The maximum absolute atomic E-state index is 13.0. The first-order valence-electron chi connectivity index (χ1n) is 6.05. The predicted octanol–water partition coefficient (Wildman–Crippen LogP) is -0.355. The lowest BCUT2D eigenvalue weighted by molar-refractivity contribution is -0.123. The molecule has 3 heterocycles. The van der Waals surface area contributed by atoms with Crippen LogP contribution in [0.5, 0.6) is 0 Å². The second-order valence-electron chi connectivity index (χ2n) is 4.83. The summed E-state index contributed by atoms with van der Waals surface area (Å²) in [5.41, 5.74) is -0.891. The molecule has 1 aromatic rings. The Morgan fingerprint density at radius 2 is 2.25 bits per heavy atom. The van der Waals surface area contributed by atoms with Crippen LogP contribution in [-0.4, -0.2) is 46.4 Å². The van der Waals surface area contributed by atoms with Crippen molar-refractivity contribution in [2.45, 2.75) is 12.0 Å². The third-order valence-electron chi connectivity index (χ3n) is 3.54. The summed E-state index contributed by atoms with van der Waals surface area (Å²) in [4.78, 5) is 40.0. The van der Waals surface area contributed by atoms with Crippen molar-refractivity contribution in [1.29, 1.82) is 0 Å². The highest BCUT2D eigenvalue weighted by atomic mass is 19.1. The molecule has 1 aromatic heterocycles. The van der Waals surface area contributed by atoms with Crippen LogP contribution in [-0.2, 0) is 4.79 Å². The molecule has 0 aliphatic carbocycles. The number of rotatable bonds is 1. The highest BCUT2D eigenvalue weighted by molar-refractivity contribution is 6.08. The van der Waals surface area contributed by atoms with Crippen molar-refractivity contribution >= 4 is 17.8 Å². The van der Waals surface area contributed by atoms with Crippen LogP contribution in [0.4, 0.5) is 9.18 Å². The number of urea groups is 1. The van der Waals surface area contributed by atoms with Crippen molar-refractivity contribution in [3.8, 4) is 0 Å². The monoisotopic (exact) mass is 278 g/mol. The van der Waals surface area contributed by atoms with Gasteiger partial charge in [0.1, 0.15) is 5.54 Å². The molecule has 1 spiro atoms. The number of halogens is 1. The van der Waals surface area contributed by atoms with E-state index < -0.39 is 29.3 Å². The second-order valence-corrected chi connectivity index (χ2v) is 4.83. The Kier molecular flexibility index (Phi) is 2.66. The number of likely N-dealkylation sites (tertiary alicyclic amines) is 1. The minimum Gasteiger partial charge on any atom is -0.336 e. The molecule has 3 rings (SSSR count). The number of nitrogens with one attached hydrogen (secondary N) is 2. The van der Waals surface area contributed by atoms with Crippen LogP contribution in [0.2, 0.25) is 0 Å². The summed E-state index contributed by atoms with van der Waals surface area (Å²) >= 11 is 0. The largest absolute Gasteiger partial charge is 0.336 e. The Hall–Kier alpha value is -2.51. The molecule has 0 radical (unpaired) electrons. The Bertz CT molecular complexity index is 620. The van der Waals surface area contributed by atoms with E-state index in [1.807, 2.05) is 0 Å². The smallest absolute Gasteiger partial charge is 0.322 e. The first-order chi connectivity index (χ1) is 9.50. The van der Waals surface area contributed by atoms with Crippen LogP contribution in [0.1, 0.15) is 16.8 Å². The summed E-state index contributed by atoms with van der Waals surface area (Å²) in [5, 5.41) is 4.71. The Morgan fingerprint density at radius 3 is 2.90 bits per heavy atom. The van der Waals surface area contributed by atoms with Gasteiger partial charge in [-0.05, 0) is 12.5 Å². The van der Waals surface area contributed by atoms with Crippen molar-refractivity contribution in [3.63, 3.8) is 0 Å². The molecule has 104 valence electrons. The lowest BCUT2D eigenvalue weighted by Gasteiger charge is -2.21. The summed E-state index contributed by atoms with van der Waals surface area (Å²) in [5.74, 6) is -1.56. The van der Waals surface area contributed by atoms with Crippen molar-refractivity contribution in [1.82, 2.24) is 20.5 Å². The van der Waals surface area contributed by atoms with E-state index in [1.54, 1.807) is 0 Å². The van der Waals surface area contributed by atoms with Crippen molar-refractivity contribution in [3.05, 3.63) is 29.8 Å². The fraction of sp³-hybridized carbons (Fsp3) is 0.333. The first kappa shape index (κ1) is 12.5. The summed E-state index contributed by atoms with van der Waals surface area (Å²) < 4.78 is 13.0. The lowest BCUT2D eigenvalue weighted by Crippen LogP contribution is -2.49. The Balaban J connectivity index is 1.79. The molecular weight excluding hydrogens is 267 g/mol. The second kappa shape index (κ2) is 4.26. The number of carbonyl (C=O) groups is 3. The van der Waals surface area contributed by atoms with Gasteiger partial charge in [-0.3, -0.25) is 14.9 Å². The number of pyridine rings is 1. The highest BCUT2D eigenvalue weighted by Gasteiger charge is 2.51. The van der Waals surface area contributed by atoms with Crippen LogP contribution in [0.15, 0.2) is 18.3 Å². The van der Waals surface area contributed by atoms with E-state index in [1.165, 1.54) is 17.2 Å². The van der Waals surface area contributed by atoms with Crippen molar-refractivity contribution in [2.24, 2.45) is 0 Å². The number of hydrogen-bond donors (Lipinski definition) is 2. The number of nitrogens with zero attached hydrogens (tertiary/aromatic N) is 2. The van der Waals surface area contributed by atoms with Gasteiger partial charge in [-0.2, -0.15) is 4.39 Å². The maximum atomic E-state index is 13.0. The molecule has 7 nitrogen and oxygen atoms in total. The predicted molar refractivity (Wildman–Crippen MR) is 64.1 cm³/mol. The fourth-order valence-electron chi connectivity index (χ4n) is 2.52. The molecule has 1 unspecified atom stereocenters. The minimum absolute atomic E-state index is 0.0767. The molecule has 8 heteroatoms. The molecule has 0 bridgehead atoms. The summed E-state index contributed by atoms with van der Waals surface area (Å²) in [6, 6.07) is 1.89. The van der Waals surface area contributed by atoms with E-state index in [2.05, 4.69) is 15.6 Å². The molecule has 2 saturated heterocycles. The lowest BCUT2D eigenvalue weighted by atomic mass is 9.99. The number of hydrogen-bond acceptors (Lipinski definition) is 4. The summed E-state index contributed by atoms with van der Waals surface area (Å²) in [7, 11) is 0. The molecular formula is C12H11FN4O3. The SMILES string of the molecule is O=C1NC(=O)C2(CCN(C(=O)c3ccnc(F)c3)C2)N1. The molecule has 4 amide bonds. The average molecular weight is 278 g/mol. The van der Waals surface area contributed by atoms with Gasteiger partial charge < -0.3 is 10.2 Å². The molecule has 1 atom stereocenters. The van der Waals surface area contributed by atoms with E-state index in [9.17, 15) is 18.8 Å². The maximum Gasteiger partial charge on any atom is 0.322 e. The van der Waals surface area contributed by atoms with Crippen LogP contribution in [0.25, 0.3) is 0 Å². The fourth-order valence-corrected chi connectivity index (χ4v) is 2.52. The van der Waals surface area contributed by atoms with Crippen molar-refractivity contribution < 1.29 is 18.8 Å². The quantitative estimate of drug-likeness (QED) is 0.542. The van der Waals surface area contributed by atoms with Gasteiger partial charge in [0, 0.05) is 24.4 Å². The van der Waals surface area contributed by atoms with Crippen molar-refractivity contribution in [2.75, 3.05) is 13.1 Å². The van der Waals surface area contributed by atoms with Crippen LogP contribution in [0, 0.1) is 5.95 Å². The summed E-state index contributed by atoms with van der Waals surface area (Å²) in [6.07, 6.45) is 1.54. The van der Waals surface area contributed by atoms with Crippen LogP contribution < -0.4 is 10.6 Å². The van der Waals surface area contributed by atoms with Gasteiger partial charge >= 0.3 is 6.03 Å². The zero-order valence-electron chi connectivity index (χ0n) is 10.4. The molecule has 0 aromatic carbocycles. The number of amides is 4. The zero-order chi connectivity index (χ0) is 14.3.